The summed E-state index contributed by atoms with van der Waals surface area (Å²) in [6.07, 6.45) is 0. The molecule has 1 aliphatic rings. The average Bonchev–Trinajstić information content (AvgIpc) is 2.68. The van der Waals surface area contributed by atoms with Crippen LogP contribution in [-0.2, 0) is 4.79 Å². The second kappa shape index (κ2) is 5.06. The molecule has 4 nitrogen and oxygen atoms in total. The van der Waals surface area contributed by atoms with Crippen LogP contribution < -0.4 is 10.6 Å². The summed E-state index contributed by atoms with van der Waals surface area (Å²) in [5.41, 5.74) is 0.349. The van der Waals surface area contributed by atoms with Gasteiger partial charge in [0.2, 0.25) is 5.91 Å². The van der Waals surface area contributed by atoms with Gasteiger partial charge in [0.25, 0.3) is 0 Å². The number of nitrogens with one attached hydrogen (secondary N) is 2. The van der Waals surface area contributed by atoms with Crippen LogP contribution >= 0.6 is 11.3 Å². The van der Waals surface area contributed by atoms with Crippen LogP contribution in [0.4, 0.5) is 13.9 Å². The minimum absolute atomic E-state index is 0.114. The van der Waals surface area contributed by atoms with Gasteiger partial charge in [-0.2, -0.15) is 0 Å². The van der Waals surface area contributed by atoms with Gasteiger partial charge in [-0.1, -0.05) is 18.3 Å². The average molecular weight is 297 g/mol. The van der Waals surface area contributed by atoms with E-state index in [0.29, 0.717) is 21.3 Å². The van der Waals surface area contributed by atoms with E-state index in [1.54, 1.807) is 0 Å². The van der Waals surface area contributed by atoms with E-state index in [1.807, 2.05) is 6.92 Å². The first-order valence-corrected chi connectivity index (χ1v) is 7.13. The van der Waals surface area contributed by atoms with Crippen molar-refractivity contribution in [3.63, 3.8) is 0 Å². The number of aromatic nitrogens is 1. The molecule has 1 aromatic carbocycles. The number of hydrogen-bond acceptors (Lipinski definition) is 4. The molecule has 1 aromatic heterocycles. The number of benzene rings is 1. The minimum Gasteiger partial charge on any atom is -0.316 e. The predicted molar refractivity (Wildman–Crippen MR) is 73.7 cm³/mol. The lowest BCUT2D eigenvalue weighted by Crippen LogP contribution is -2.48. The van der Waals surface area contributed by atoms with Gasteiger partial charge in [-0.25, -0.2) is 13.8 Å². The largest absolute Gasteiger partial charge is 0.316 e. The Morgan fingerprint density at radius 1 is 1.45 bits per heavy atom. The first-order valence-electron chi connectivity index (χ1n) is 6.32. The van der Waals surface area contributed by atoms with Crippen molar-refractivity contribution in [2.45, 2.75) is 6.92 Å². The molecule has 106 valence electrons. The van der Waals surface area contributed by atoms with Gasteiger partial charge in [0, 0.05) is 12.0 Å². The van der Waals surface area contributed by atoms with Crippen LogP contribution in [0.5, 0.6) is 0 Å². The lowest BCUT2D eigenvalue weighted by molar-refractivity contribution is -0.121. The first kappa shape index (κ1) is 13.4. The Bertz CT molecular complexity index is 630. The molecule has 1 saturated heterocycles. The Morgan fingerprint density at radius 2 is 2.15 bits per heavy atom. The highest BCUT2D eigenvalue weighted by atomic mass is 32.1. The summed E-state index contributed by atoms with van der Waals surface area (Å²) < 4.78 is 26.7. The summed E-state index contributed by atoms with van der Waals surface area (Å²) >= 11 is 1.14. The van der Waals surface area contributed by atoms with Crippen LogP contribution in [0.3, 0.4) is 0 Å². The summed E-state index contributed by atoms with van der Waals surface area (Å²) in [4.78, 5) is 16.1. The second-order valence-electron chi connectivity index (χ2n) is 4.95. The fourth-order valence-electron chi connectivity index (χ4n) is 2.07. The third-order valence-corrected chi connectivity index (χ3v) is 4.53. The number of carbonyl (C=O) groups is 1. The Labute approximate surface area is 118 Å². The molecule has 1 unspecified atom stereocenters. The molecule has 2 heterocycles. The SMILES string of the molecule is CC(C(=O)Nc1nc2cc(F)c(F)cc2s1)C1CNC1. The van der Waals surface area contributed by atoms with E-state index in [2.05, 4.69) is 15.6 Å². The lowest BCUT2D eigenvalue weighted by atomic mass is 9.88. The molecular formula is C13H13F2N3OS. The zero-order valence-electron chi connectivity index (χ0n) is 10.7. The maximum atomic E-state index is 13.1. The maximum Gasteiger partial charge on any atom is 0.229 e. The monoisotopic (exact) mass is 297 g/mol. The summed E-state index contributed by atoms with van der Waals surface area (Å²) in [5.74, 6) is -1.74. The third-order valence-electron chi connectivity index (χ3n) is 3.59. The van der Waals surface area contributed by atoms with E-state index in [0.717, 1.165) is 36.6 Å². The molecule has 1 aliphatic heterocycles. The molecule has 1 fully saturated rings. The molecule has 7 heteroatoms. The minimum atomic E-state index is -0.936. The van der Waals surface area contributed by atoms with E-state index in [9.17, 15) is 13.6 Å². The Kier molecular flexibility index (Phi) is 3.39. The number of amides is 1. The smallest absolute Gasteiger partial charge is 0.229 e. The Morgan fingerprint density at radius 3 is 2.80 bits per heavy atom. The summed E-state index contributed by atoms with van der Waals surface area (Å²) in [7, 11) is 0. The van der Waals surface area contributed by atoms with Crippen LogP contribution in [0.1, 0.15) is 6.92 Å². The van der Waals surface area contributed by atoms with Gasteiger partial charge >= 0.3 is 0 Å². The number of halogens is 2. The predicted octanol–water partition coefficient (Wildman–Crippen LogP) is 2.37. The van der Waals surface area contributed by atoms with E-state index < -0.39 is 11.6 Å². The van der Waals surface area contributed by atoms with E-state index >= 15 is 0 Å². The highest BCUT2D eigenvalue weighted by molar-refractivity contribution is 7.22. The van der Waals surface area contributed by atoms with Crippen LogP contribution in [0, 0.1) is 23.5 Å². The van der Waals surface area contributed by atoms with Crippen LogP contribution in [-0.4, -0.2) is 24.0 Å². The second-order valence-corrected chi connectivity index (χ2v) is 5.98. The molecule has 0 aliphatic carbocycles. The number of thiazole rings is 1. The van der Waals surface area contributed by atoms with Crippen molar-refractivity contribution in [3.8, 4) is 0 Å². The topological polar surface area (TPSA) is 54.0 Å². The van der Waals surface area contributed by atoms with Crippen LogP contribution in [0.15, 0.2) is 12.1 Å². The highest BCUT2D eigenvalue weighted by Crippen LogP contribution is 2.28. The van der Waals surface area contributed by atoms with Gasteiger partial charge in [0.1, 0.15) is 0 Å². The van der Waals surface area contributed by atoms with E-state index in [-0.39, 0.29) is 11.8 Å². The van der Waals surface area contributed by atoms with Gasteiger partial charge in [-0.15, -0.1) is 0 Å². The van der Waals surface area contributed by atoms with Crippen LogP contribution in [0.2, 0.25) is 0 Å². The zero-order chi connectivity index (χ0) is 14.3. The molecule has 2 aromatic rings. The molecule has 20 heavy (non-hydrogen) atoms. The number of carbonyl (C=O) groups excluding carboxylic acids is 1. The van der Waals surface area contributed by atoms with Crippen molar-refractivity contribution in [1.82, 2.24) is 10.3 Å². The maximum absolute atomic E-state index is 13.1. The summed E-state index contributed by atoms with van der Waals surface area (Å²) in [6.45, 7) is 3.54. The van der Waals surface area contributed by atoms with Crippen molar-refractivity contribution in [1.29, 1.82) is 0 Å². The highest BCUT2D eigenvalue weighted by Gasteiger charge is 2.29. The number of fused-ring (bicyclic) bond motifs is 1. The van der Waals surface area contributed by atoms with Crippen molar-refractivity contribution in [2.24, 2.45) is 11.8 Å². The quantitative estimate of drug-likeness (QED) is 0.914. The summed E-state index contributed by atoms with van der Waals surface area (Å²) in [6, 6.07) is 2.13. The fourth-order valence-corrected chi connectivity index (χ4v) is 2.95. The van der Waals surface area contributed by atoms with Crippen molar-refractivity contribution < 1.29 is 13.6 Å². The fraction of sp³-hybridized carbons (Fsp3) is 0.385. The van der Waals surface area contributed by atoms with Crippen molar-refractivity contribution >= 4 is 32.6 Å². The molecule has 0 radical (unpaired) electrons. The molecule has 2 N–H and O–H groups in total. The van der Waals surface area contributed by atoms with Gasteiger partial charge in [0.15, 0.2) is 16.8 Å². The molecule has 0 saturated carbocycles. The molecular weight excluding hydrogens is 284 g/mol. The number of anilines is 1. The standard InChI is InChI=1S/C13H13F2N3OS/c1-6(7-4-16-5-7)12(19)18-13-17-10-2-8(14)9(15)3-11(10)20-13/h2-3,6-7,16H,4-5H2,1H3,(H,17,18,19). The third kappa shape index (κ3) is 2.38. The lowest BCUT2D eigenvalue weighted by Gasteiger charge is -2.31. The molecule has 1 atom stereocenters. The van der Waals surface area contributed by atoms with Gasteiger partial charge < -0.3 is 10.6 Å². The van der Waals surface area contributed by atoms with Gasteiger partial charge in [0.05, 0.1) is 10.2 Å². The number of rotatable bonds is 3. The van der Waals surface area contributed by atoms with Gasteiger partial charge in [-0.3, -0.25) is 4.79 Å². The molecule has 0 bridgehead atoms. The van der Waals surface area contributed by atoms with Crippen LogP contribution in [0.25, 0.3) is 10.2 Å². The zero-order valence-corrected chi connectivity index (χ0v) is 11.6. The molecule has 3 rings (SSSR count). The summed E-state index contributed by atoms with van der Waals surface area (Å²) in [5, 5.41) is 6.20. The van der Waals surface area contributed by atoms with Gasteiger partial charge in [-0.05, 0) is 25.1 Å². The number of nitrogens with zero attached hydrogens (tertiary/aromatic N) is 1. The van der Waals surface area contributed by atoms with Crippen molar-refractivity contribution in [2.75, 3.05) is 18.4 Å². The van der Waals surface area contributed by atoms with E-state index in [4.69, 9.17) is 0 Å². The Balaban J connectivity index is 1.78. The molecule has 1 amide bonds. The first-order chi connectivity index (χ1) is 9.54. The number of hydrogen-bond donors (Lipinski definition) is 2. The normalized spacial score (nSPS) is 16.9. The molecule has 0 spiro atoms. The Hall–Kier alpha value is -1.60. The van der Waals surface area contributed by atoms with E-state index in [1.165, 1.54) is 0 Å². The van der Waals surface area contributed by atoms with Crippen molar-refractivity contribution in [3.05, 3.63) is 23.8 Å².